The van der Waals surface area contributed by atoms with Crippen LogP contribution in [0.4, 0.5) is 0 Å². The molecule has 2 nitrogen and oxygen atoms in total. The van der Waals surface area contributed by atoms with Gasteiger partial charge in [-0.2, -0.15) is 0 Å². The Morgan fingerprint density at radius 3 is 2.88 bits per heavy atom. The van der Waals surface area contributed by atoms with Gasteiger partial charge in [-0.3, -0.25) is 5.43 Å². The number of unbranched alkanes of at least 4 members (excludes halogenated alkanes) is 1. The van der Waals surface area contributed by atoms with E-state index < -0.39 is 0 Å². The zero-order valence-electron chi connectivity index (χ0n) is 5.20. The molecular weight excluding hydrogens is 100 g/mol. The second-order valence-corrected chi connectivity index (χ2v) is 1.55. The van der Waals surface area contributed by atoms with Crippen molar-refractivity contribution >= 4 is 0 Å². The van der Waals surface area contributed by atoms with Crippen LogP contribution in [0.15, 0.2) is 0 Å². The highest BCUT2D eigenvalue weighted by Crippen LogP contribution is 1.79. The monoisotopic (exact) mass is 112 g/mol. The van der Waals surface area contributed by atoms with Crippen LogP contribution >= 0.6 is 0 Å². The Morgan fingerprint density at radius 2 is 2.38 bits per heavy atom. The van der Waals surface area contributed by atoms with E-state index in [1.807, 2.05) is 0 Å². The summed E-state index contributed by atoms with van der Waals surface area (Å²) in [4.78, 5) is 0. The summed E-state index contributed by atoms with van der Waals surface area (Å²) in [5.74, 6) is 0. The summed E-state index contributed by atoms with van der Waals surface area (Å²) >= 11 is 0. The van der Waals surface area contributed by atoms with Gasteiger partial charge in [0.05, 0.1) is 0 Å². The van der Waals surface area contributed by atoms with Crippen LogP contribution in [-0.2, 0) is 0 Å². The molecule has 0 fully saturated rings. The van der Waals surface area contributed by atoms with Gasteiger partial charge in [-0.15, -0.1) is 0 Å². The lowest BCUT2D eigenvalue weighted by Crippen LogP contribution is -2.27. The molecule has 0 spiro atoms. The molecule has 8 heavy (non-hydrogen) atoms. The fraction of sp³-hybridized carbons (Fsp3) is 0.667. The second kappa shape index (κ2) is 6.32. The van der Waals surface area contributed by atoms with E-state index in [2.05, 4.69) is 23.8 Å². The molecule has 0 heterocycles. The van der Waals surface area contributed by atoms with Crippen molar-refractivity contribution in [3.63, 3.8) is 0 Å². The maximum absolute atomic E-state index is 4.89. The summed E-state index contributed by atoms with van der Waals surface area (Å²) in [6, 6.07) is 2.27. The van der Waals surface area contributed by atoms with E-state index >= 15 is 0 Å². The van der Waals surface area contributed by atoms with Crippen molar-refractivity contribution in [3.8, 4) is 12.5 Å². The number of hydrogen-bond donors (Lipinski definition) is 2. The fourth-order valence-electron chi connectivity index (χ4n) is 0.379. The van der Waals surface area contributed by atoms with Gasteiger partial charge < -0.3 is 0 Å². The van der Waals surface area contributed by atoms with E-state index in [1.54, 1.807) is 0 Å². The molecule has 0 amide bonds. The Labute approximate surface area is 50.6 Å². The quantitative estimate of drug-likeness (QED) is 0.239. The summed E-state index contributed by atoms with van der Waals surface area (Å²) in [5.41, 5.74) is 5.41. The zero-order chi connectivity index (χ0) is 6.24. The fourth-order valence-corrected chi connectivity index (χ4v) is 0.379. The molecule has 0 rings (SSSR count). The molecule has 0 aliphatic heterocycles. The van der Waals surface area contributed by atoms with Gasteiger partial charge in [0.15, 0.2) is 0 Å². The van der Waals surface area contributed by atoms with Gasteiger partial charge in [0.25, 0.3) is 0 Å². The van der Waals surface area contributed by atoms with Crippen LogP contribution < -0.4 is 10.9 Å². The molecule has 0 aliphatic rings. The maximum Gasteiger partial charge on any atom is 0.0167 e. The van der Waals surface area contributed by atoms with Crippen LogP contribution in [-0.4, -0.2) is 6.54 Å². The van der Waals surface area contributed by atoms with Crippen molar-refractivity contribution in [2.24, 2.45) is 0 Å². The first kappa shape index (κ1) is 7.32. The minimum Gasteiger partial charge on any atom is -0.281 e. The van der Waals surface area contributed by atoms with E-state index in [0.29, 0.717) is 0 Å². The molecule has 0 saturated carbocycles. The Hall–Kier alpha value is -0.680. The van der Waals surface area contributed by atoms with Crippen molar-refractivity contribution < 1.29 is 0 Å². The van der Waals surface area contributed by atoms with Crippen LogP contribution in [0, 0.1) is 12.5 Å². The number of nitrogens with one attached hydrogen (secondary N) is 2. The molecule has 0 aromatic carbocycles. The van der Waals surface area contributed by atoms with Crippen molar-refractivity contribution in [2.45, 2.75) is 19.8 Å². The summed E-state index contributed by atoms with van der Waals surface area (Å²) in [5, 5.41) is 0. The Balaban J connectivity index is 2.65. The van der Waals surface area contributed by atoms with E-state index in [-0.39, 0.29) is 0 Å². The highest BCUT2D eigenvalue weighted by molar-refractivity contribution is 4.76. The topological polar surface area (TPSA) is 24.1 Å². The Morgan fingerprint density at radius 1 is 1.62 bits per heavy atom. The minimum atomic E-state index is 0.945. The van der Waals surface area contributed by atoms with Gasteiger partial charge in [-0.05, 0) is 6.42 Å². The second-order valence-electron chi connectivity index (χ2n) is 1.55. The van der Waals surface area contributed by atoms with E-state index in [1.165, 1.54) is 6.42 Å². The van der Waals surface area contributed by atoms with Crippen molar-refractivity contribution in [1.29, 1.82) is 0 Å². The highest BCUT2D eigenvalue weighted by atomic mass is 15.3. The normalized spacial score (nSPS) is 8.00. The van der Waals surface area contributed by atoms with Gasteiger partial charge >= 0.3 is 0 Å². The largest absolute Gasteiger partial charge is 0.281 e. The van der Waals surface area contributed by atoms with Crippen LogP contribution in [0.3, 0.4) is 0 Å². The first-order chi connectivity index (χ1) is 3.91. The van der Waals surface area contributed by atoms with Gasteiger partial charge in [0.1, 0.15) is 0 Å². The summed E-state index contributed by atoms with van der Waals surface area (Å²) in [7, 11) is 0. The van der Waals surface area contributed by atoms with Crippen LogP contribution in [0.5, 0.6) is 0 Å². The smallest absolute Gasteiger partial charge is 0.0167 e. The molecular formula is C6H12N2. The third kappa shape index (κ3) is 5.32. The number of rotatable bonds is 4. The standard InChI is InChI=1S/C6H12N2/c1-3-5-6-8-7-4-2/h2,7-8H,3,5-6H2,1H3. The molecule has 0 aromatic heterocycles. The number of hydrogen-bond acceptors (Lipinski definition) is 2. The minimum absolute atomic E-state index is 0.945. The number of hydrazine groups is 1. The molecule has 0 atom stereocenters. The molecule has 2 N–H and O–H groups in total. The first-order valence-corrected chi connectivity index (χ1v) is 2.85. The number of terminal acetylenes is 1. The van der Waals surface area contributed by atoms with Crippen molar-refractivity contribution in [3.05, 3.63) is 0 Å². The molecule has 46 valence electrons. The summed E-state index contributed by atoms with van der Waals surface area (Å²) in [6.45, 7) is 3.08. The Bertz CT molecular complexity index is 73.1. The van der Waals surface area contributed by atoms with Gasteiger partial charge in [-0.25, -0.2) is 5.43 Å². The van der Waals surface area contributed by atoms with E-state index in [9.17, 15) is 0 Å². The van der Waals surface area contributed by atoms with E-state index in [0.717, 1.165) is 13.0 Å². The average Bonchev–Trinajstić information content (AvgIpc) is 1.81. The summed E-state index contributed by atoms with van der Waals surface area (Å²) in [6.07, 6.45) is 7.24. The van der Waals surface area contributed by atoms with Gasteiger partial charge in [0, 0.05) is 12.6 Å². The maximum atomic E-state index is 4.89. The molecule has 0 unspecified atom stereocenters. The molecule has 0 radical (unpaired) electrons. The van der Waals surface area contributed by atoms with Crippen molar-refractivity contribution in [1.82, 2.24) is 10.9 Å². The third-order valence-electron chi connectivity index (χ3n) is 0.816. The van der Waals surface area contributed by atoms with Crippen molar-refractivity contribution in [2.75, 3.05) is 6.54 Å². The predicted molar refractivity (Wildman–Crippen MR) is 34.9 cm³/mol. The summed E-state index contributed by atoms with van der Waals surface area (Å²) < 4.78 is 0. The van der Waals surface area contributed by atoms with Crippen LogP contribution in [0.1, 0.15) is 19.8 Å². The average molecular weight is 112 g/mol. The first-order valence-electron chi connectivity index (χ1n) is 2.85. The molecule has 0 bridgehead atoms. The van der Waals surface area contributed by atoms with E-state index in [4.69, 9.17) is 6.42 Å². The lowest BCUT2D eigenvalue weighted by atomic mass is 10.3. The molecule has 0 aromatic rings. The third-order valence-corrected chi connectivity index (χ3v) is 0.816. The van der Waals surface area contributed by atoms with Gasteiger partial charge in [-0.1, -0.05) is 19.8 Å². The molecule has 0 aliphatic carbocycles. The lowest BCUT2D eigenvalue weighted by molar-refractivity contribution is 0.605. The molecule has 2 heteroatoms. The lowest BCUT2D eigenvalue weighted by Gasteiger charge is -1.97. The SMILES string of the molecule is C#CNNCCCC. The predicted octanol–water partition coefficient (Wildman–Crippen LogP) is 0.471. The zero-order valence-corrected chi connectivity index (χ0v) is 5.20. The van der Waals surface area contributed by atoms with Crippen LogP contribution in [0.2, 0.25) is 0 Å². The van der Waals surface area contributed by atoms with Crippen LogP contribution in [0.25, 0.3) is 0 Å². The highest BCUT2D eigenvalue weighted by Gasteiger charge is 1.77. The van der Waals surface area contributed by atoms with Gasteiger partial charge in [0.2, 0.25) is 0 Å². The Kier molecular flexibility index (Phi) is 5.78. The molecule has 0 saturated heterocycles.